The summed E-state index contributed by atoms with van der Waals surface area (Å²) in [5, 5.41) is 5.13. The van der Waals surface area contributed by atoms with Gasteiger partial charge >= 0.3 is 0 Å². The van der Waals surface area contributed by atoms with E-state index in [1.54, 1.807) is 12.3 Å². The Bertz CT molecular complexity index is 788. The standard InChI is InChI=1S/C14H10Cl2N4S/c1-8-18-13(16)12(21-8)11-5-6-17-14(20-11)19-10-4-2-3-9(15)7-10/h2-7H,1H3,(H,17,19,20). The van der Waals surface area contributed by atoms with Crippen LogP contribution < -0.4 is 5.32 Å². The average Bonchev–Trinajstić information content (AvgIpc) is 2.78. The lowest BCUT2D eigenvalue weighted by Gasteiger charge is -2.06. The third kappa shape index (κ3) is 3.32. The lowest BCUT2D eigenvalue weighted by atomic mass is 10.3. The zero-order chi connectivity index (χ0) is 14.8. The van der Waals surface area contributed by atoms with Crippen molar-refractivity contribution in [3.8, 4) is 10.6 Å². The van der Waals surface area contributed by atoms with Gasteiger partial charge in [-0.1, -0.05) is 29.3 Å². The molecule has 3 aromatic rings. The molecule has 0 saturated heterocycles. The molecular formula is C14H10Cl2N4S. The summed E-state index contributed by atoms with van der Waals surface area (Å²) < 4.78 is 0. The number of aromatic nitrogens is 3. The van der Waals surface area contributed by atoms with Crippen molar-refractivity contribution in [1.82, 2.24) is 15.0 Å². The third-order valence-corrected chi connectivity index (χ3v) is 4.28. The summed E-state index contributed by atoms with van der Waals surface area (Å²) in [6, 6.07) is 9.18. The van der Waals surface area contributed by atoms with Crippen molar-refractivity contribution < 1.29 is 0 Å². The Morgan fingerprint density at radius 2 is 2.00 bits per heavy atom. The molecule has 2 heterocycles. The Hall–Kier alpha value is -1.69. The second-order valence-electron chi connectivity index (χ2n) is 4.25. The molecule has 0 aliphatic carbocycles. The molecule has 1 N–H and O–H groups in total. The van der Waals surface area contributed by atoms with Gasteiger partial charge in [-0.3, -0.25) is 0 Å². The molecule has 0 spiro atoms. The van der Waals surface area contributed by atoms with Crippen LogP contribution in [0.5, 0.6) is 0 Å². The fraction of sp³-hybridized carbons (Fsp3) is 0.0714. The summed E-state index contributed by atoms with van der Waals surface area (Å²) >= 11 is 13.6. The molecule has 0 saturated carbocycles. The molecule has 0 bridgehead atoms. The maximum Gasteiger partial charge on any atom is 0.227 e. The molecule has 0 atom stereocenters. The Balaban J connectivity index is 1.92. The molecule has 2 aromatic heterocycles. The topological polar surface area (TPSA) is 50.7 Å². The fourth-order valence-electron chi connectivity index (χ4n) is 1.80. The van der Waals surface area contributed by atoms with Gasteiger partial charge in [-0.15, -0.1) is 11.3 Å². The van der Waals surface area contributed by atoms with E-state index in [1.807, 2.05) is 31.2 Å². The summed E-state index contributed by atoms with van der Waals surface area (Å²) in [7, 11) is 0. The van der Waals surface area contributed by atoms with Crippen LogP contribution in [0, 0.1) is 6.92 Å². The molecule has 0 amide bonds. The first-order valence-corrected chi connectivity index (χ1v) is 7.68. The van der Waals surface area contributed by atoms with E-state index in [-0.39, 0.29) is 0 Å². The first-order valence-electron chi connectivity index (χ1n) is 6.11. The summed E-state index contributed by atoms with van der Waals surface area (Å²) in [4.78, 5) is 13.7. The minimum atomic E-state index is 0.463. The van der Waals surface area contributed by atoms with Crippen molar-refractivity contribution >= 4 is 46.2 Å². The number of nitrogens with one attached hydrogen (secondary N) is 1. The van der Waals surface area contributed by atoms with Gasteiger partial charge in [0.15, 0.2) is 0 Å². The van der Waals surface area contributed by atoms with Crippen molar-refractivity contribution in [2.24, 2.45) is 0 Å². The van der Waals surface area contributed by atoms with Crippen LogP contribution in [0.3, 0.4) is 0 Å². The van der Waals surface area contributed by atoms with E-state index in [9.17, 15) is 0 Å². The lowest BCUT2D eigenvalue weighted by molar-refractivity contribution is 1.17. The van der Waals surface area contributed by atoms with Crippen LogP contribution >= 0.6 is 34.5 Å². The molecule has 0 unspecified atom stereocenters. The van der Waals surface area contributed by atoms with Gasteiger partial charge in [0.25, 0.3) is 0 Å². The van der Waals surface area contributed by atoms with E-state index in [2.05, 4.69) is 20.3 Å². The number of benzene rings is 1. The highest BCUT2D eigenvalue weighted by molar-refractivity contribution is 7.15. The first kappa shape index (κ1) is 14.3. The van der Waals surface area contributed by atoms with E-state index < -0.39 is 0 Å². The number of rotatable bonds is 3. The van der Waals surface area contributed by atoms with E-state index in [0.717, 1.165) is 21.3 Å². The highest BCUT2D eigenvalue weighted by atomic mass is 35.5. The molecule has 4 nitrogen and oxygen atoms in total. The molecule has 0 fully saturated rings. The van der Waals surface area contributed by atoms with Gasteiger partial charge in [-0.2, -0.15) is 0 Å². The summed E-state index contributed by atoms with van der Waals surface area (Å²) in [5.74, 6) is 0.483. The van der Waals surface area contributed by atoms with Gasteiger partial charge in [-0.05, 0) is 31.2 Å². The lowest BCUT2D eigenvalue weighted by Crippen LogP contribution is -1.97. The molecule has 0 aliphatic heterocycles. The predicted octanol–water partition coefficient (Wildman–Crippen LogP) is 4.96. The van der Waals surface area contributed by atoms with Gasteiger partial charge in [0, 0.05) is 16.9 Å². The molecule has 3 rings (SSSR count). The third-order valence-electron chi connectivity index (χ3n) is 2.66. The van der Waals surface area contributed by atoms with Crippen molar-refractivity contribution in [2.45, 2.75) is 6.92 Å². The monoisotopic (exact) mass is 336 g/mol. The summed E-state index contributed by atoms with van der Waals surface area (Å²) in [6.45, 7) is 1.91. The minimum Gasteiger partial charge on any atom is -0.324 e. The Morgan fingerprint density at radius 1 is 1.14 bits per heavy atom. The highest BCUT2D eigenvalue weighted by Gasteiger charge is 2.11. The van der Waals surface area contributed by atoms with Crippen LogP contribution in [-0.4, -0.2) is 15.0 Å². The minimum absolute atomic E-state index is 0.463. The van der Waals surface area contributed by atoms with Gasteiger partial charge in [0.1, 0.15) is 5.15 Å². The molecule has 0 aliphatic rings. The summed E-state index contributed by atoms with van der Waals surface area (Å²) in [5.41, 5.74) is 1.57. The van der Waals surface area contributed by atoms with Gasteiger partial charge < -0.3 is 5.32 Å². The van der Waals surface area contributed by atoms with Crippen molar-refractivity contribution in [3.63, 3.8) is 0 Å². The van der Waals surface area contributed by atoms with Gasteiger partial charge in [0.2, 0.25) is 5.95 Å². The van der Waals surface area contributed by atoms with E-state index in [4.69, 9.17) is 23.2 Å². The fourth-order valence-corrected chi connectivity index (χ4v) is 3.16. The number of thiazole rings is 1. The van der Waals surface area contributed by atoms with Crippen LogP contribution in [0.15, 0.2) is 36.5 Å². The summed E-state index contributed by atoms with van der Waals surface area (Å²) in [6.07, 6.45) is 1.68. The Morgan fingerprint density at radius 3 is 2.71 bits per heavy atom. The molecule has 1 aromatic carbocycles. The molecule has 106 valence electrons. The number of halogens is 2. The Kier molecular flexibility index (Phi) is 4.05. The van der Waals surface area contributed by atoms with E-state index >= 15 is 0 Å². The number of hydrogen-bond acceptors (Lipinski definition) is 5. The normalized spacial score (nSPS) is 10.6. The zero-order valence-electron chi connectivity index (χ0n) is 11.0. The van der Waals surface area contributed by atoms with Crippen LogP contribution in [0.2, 0.25) is 10.2 Å². The number of anilines is 2. The molecular weight excluding hydrogens is 327 g/mol. The van der Waals surface area contributed by atoms with E-state index in [1.165, 1.54) is 11.3 Å². The number of nitrogens with zero attached hydrogens (tertiary/aromatic N) is 3. The van der Waals surface area contributed by atoms with Crippen LogP contribution in [0.4, 0.5) is 11.6 Å². The number of hydrogen-bond donors (Lipinski definition) is 1. The smallest absolute Gasteiger partial charge is 0.227 e. The van der Waals surface area contributed by atoms with Gasteiger partial charge in [-0.25, -0.2) is 15.0 Å². The van der Waals surface area contributed by atoms with Crippen LogP contribution in [0.25, 0.3) is 10.6 Å². The van der Waals surface area contributed by atoms with Crippen molar-refractivity contribution in [3.05, 3.63) is 51.7 Å². The second-order valence-corrected chi connectivity index (χ2v) is 6.25. The molecule has 7 heteroatoms. The largest absolute Gasteiger partial charge is 0.324 e. The molecule has 21 heavy (non-hydrogen) atoms. The highest BCUT2D eigenvalue weighted by Crippen LogP contribution is 2.32. The first-order chi connectivity index (χ1) is 10.1. The van der Waals surface area contributed by atoms with E-state index in [0.29, 0.717) is 16.1 Å². The van der Waals surface area contributed by atoms with Gasteiger partial charge in [0.05, 0.1) is 15.6 Å². The SMILES string of the molecule is Cc1nc(Cl)c(-c2ccnc(Nc3cccc(Cl)c3)n2)s1. The quantitative estimate of drug-likeness (QED) is 0.734. The second kappa shape index (κ2) is 5.97. The zero-order valence-corrected chi connectivity index (χ0v) is 13.3. The van der Waals surface area contributed by atoms with Crippen LogP contribution in [0.1, 0.15) is 5.01 Å². The van der Waals surface area contributed by atoms with Crippen LogP contribution in [-0.2, 0) is 0 Å². The maximum absolute atomic E-state index is 6.11. The van der Waals surface area contributed by atoms with Crippen molar-refractivity contribution in [2.75, 3.05) is 5.32 Å². The predicted molar refractivity (Wildman–Crippen MR) is 87.6 cm³/mol. The number of aryl methyl sites for hydroxylation is 1. The molecule has 0 radical (unpaired) electrons. The average molecular weight is 337 g/mol. The van der Waals surface area contributed by atoms with Crippen molar-refractivity contribution in [1.29, 1.82) is 0 Å². The Labute approximate surface area is 135 Å². The maximum atomic E-state index is 6.11.